The fourth-order valence-electron chi connectivity index (χ4n) is 2.94. The van der Waals surface area contributed by atoms with E-state index in [4.69, 9.17) is 0 Å². The van der Waals surface area contributed by atoms with E-state index in [1.54, 1.807) is 25.1 Å². The summed E-state index contributed by atoms with van der Waals surface area (Å²) in [4.78, 5) is 26.8. The second-order valence-electron chi connectivity index (χ2n) is 7.07. The van der Waals surface area contributed by atoms with Crippen molar-refractivity contribution in [2.45, 2.75) is 52.6 Å². The number of carbonyl (C=O) groups is 2. The van der Waals surface area contributed by atoms with Crippen molar-refractivity contribution >= 4 is 11.8 Å². The van der Waals surface area contributed by atoms with Crippen LogP contribution in [0.4, 0.5) is 4.39 Å². The lowest BCUT2D eigenvalue weighted by atomic mass is 10.1. The van der Waals surface area contributed by atoms with E-state index in [2.05, 4.69) is 5.32 Å². The van der Waals surface area contributed by atoms with Crippen LogP contribution in [0.3, 0.4) is 0 Å². The smallest absolute Gasteiger partial charge is 0.242 e. The monoisotopic (exact) mass is 384 g/mol. The average Bonchev–Trinajstić information content (AvgIpc) is 2.70. The third kappa shape index (κ3) is 6.19. The number of benzene rings is 2. The molecule has 0 saturated heterocycles. The molecule has 2 aromatic carbocycles. The molecule has 150 valence electrons. The highest BCUT2D eigenvalue weighted by Crippen LogP contribution is 2.15. The minimum Gasteiger partial charge on any atom is -0.354 e. The van der Waals surface area contributed by atoms with E-state index < -0.39 is 6.04 Å². The van der Waals surface area contributed by atoms with Gasteiger partial charge < -0.3 is 10.2 Å². The van der Waals surface area contributed by atoms with Crippen LogP contribution in [-0.4, -0.2) is 29.3 Å². The van der Waals surface area contributed by atoms with Crippen molar-refractivity contribution < 1.29 is 14.0 Å². The Morgan fingerprint density at radius 3 is 2.43 bits per heavy atom. The molecule has 2 rings (SSSR count). The van der Waals surface area contributed by atoms with Gasteiger partial charge in [-0.15, -0.1) is 0 Å². The van der Waals surface area contributed by atoms with Crippen LogP contribution in [0.25, 0.3) is 0 Å². The van der Waals surface area contributed by atoms with Crippen molar-refractivity contribution in [3.05, 3.63) is 71.0 Å². The van der Waals surface area contributed by atoms with Crippen LogP contribution in [-0.2, 0) is 22.6 Å². The molecular formula is C23H29FN2O2. The van der Waals surface area contributed by atoms with Gasteiger partial charge in [-0.25, -0.2) is 4.39 Å². The van der Waals surface area contributed by atoms with Crippen LogP contribution in [0.1, 0.15) is 43.4 Å². The molecule has 2 aromatic rings. The first-order valence-electron chi connectivity index (χ1n) is 9.78. The first kappa shape index (κ1) is 21.6. The number of amides is 2. The summed E-state index contributed by atoms with van der Waals surface area (Å²) in [6.45, 7) is 6.29. The second-order valence-corrected chi connectivity index (χ2v) is 7.07. The summed E-state index contributed by atoms with van der Waals surface area (Å²) in [5.41, 5.74) is 2.63. The molecule has 0 radical (unpaired) electrons. The lowest BCUT2D eigenvalue weighted by Crippen LogP contribution is -2.47. The van der Waals surface area contributed by atoms with E-state index in [-0.39, 0.29) is 30.6 Å². The standard InChI is InChI=1S/C23H29FN2O2/c1-4-15-25-23(28)18(3)26(16-20-7-5-6-8-21(20)24)22(27)14-13-19-11-9-17(2)10-12-19/h5-12,18H,4,13-16H2,1-3H3,(H,25,28)/t18-/m1/s1. The number of aryl methyl sites for hydroxylation is 2. The summed E-state index contributed by atoms with van der Waals surface area (Å²) in [6, 6.07) is 13.7. The van der Waals surface area contributed by atoms with Crippen molar-refractivity contribution in [3.8, 4) is 0 Å². The van der Waals surface area contributed by atoms with Crippen molar-refractivity contribution in [1.82, 2.24) is 10.2 Å². The van der Waals surface area contributed by atoms with Gasteiger partial charge in [0, 0.05) is 25.1 Å². The molecule has 0 heterocycles. The lowest BCUT2D eigenvalue weighted by Gasteiger charge is -2.29. The third-order valence-electron chi connectivity index (χ3n) is 4.76. The lowest BCUT2D eigenvalue weighted by molar-refractivity contribution is -0.140. The predicted octanol–water partition coefficient (Wildman–Crippen LogP) is 4.01. The molecule has 0 bridgehead atoms. The van der Waals surface area contributed by atoms with E-state index in [1.807, 2.05) is 38.1 Å². The van der Waals surface area contributed by atoms with Crippen LogP contribution < -0.4 is 5.32 Å². The minimum absolute atomic E-state index is 0.0696. The van der Waals surface area contributed by atoms with Gasteiger partial charge >= 0.3 is 0 Å². The highest BCUT2D eigenvalue weighted by Gasteiger charge is 2.26. The first-order chi connectivity index (χ1) is 13.4. The molecule has 5 heteroatoms. The molecular weight excluding hydrogens is 355 g/mol. The SMILES string of the molecule is CCCNC(=O)[C@@H](C)N(Cc1ccccc1F)C(=O)CCc1ccc(C)cc1. The summed E-state index contributed by atoms with van der Waals surface area (Å²) in [5, 5.41) is 2.82. The number of rotatable bonds is 9. The zero-order valence-electron chi connectivity index (χ0n) is 16.9. The van der Waals surface area contributed by atoms with Gasteiger partial charge in [-0.3, -0.25) is 9.59 Å². The van der Waals surface area contributed by atoms with Crippen molar-refractivity contribution in [3.63, 3.8) is 0 Å². The van der Waals surface area contributed by atoms with E-state index in [0.29, 0.717) is 18.5 Å². The fraction of sp³-hybridized carbons (Fsp3) is 0.391. The molecule has 0 aliphatic carbocycles. The summed E-state index contributed by atoms with van der Waals surface area (Å²) in [5.74, 6) is -0.759. The maximum atomic E-state index is 14.1. The van der Waals surface area contributed by atoms with Gasteiger partial charge in [0.05, 0.1) is 0 Å². The highest BCUT2D eigenvalue weighted by atomic mass is 19.1. The van der Waals surface area contributed by atoms with Crippen LogP contribution >= 0.6 is 0 Å². The quantitative estimate of drug-likeness (QED) is 0.710. The van der Waals surface area contributed by atoms with Crippen molar-refractivity contribution in [1.29, 1.82) is 0 Å². The number of halogens is 1. The topological polar surface area (TPSA) is 49.4 Å². The van der Waals surface area contributed by atoms with Crippen LogP contribution in [0.15, 0.2) is 48.5 Å². The van der Waals surface area contributed by atoms with Gasteiger partial charge in [0.1, 0.15) is 11.9 Å². The summed E-state index contributed by atoms with van der Waals surface area (Å²) in [6.07, 6.45) is 1.66. The Morgan fingerprint density at radius 2 is 1.79 bits per heavy atom. The van der Waals surface area contributed by atoms with Gasteiger partial charge in [0.2, 0.25) is 11.8 Å². The van der Waals surface area contributed by atoms with Gasteiger partial charge in [-0.05, 0) is 38.3 Å². The molecule has 0 fully saturated rings. The van der Waals surface area contributed by atoms with Gasteiger partial charge in [0.25, 0.3) is 0 Å². The van der Waals surface area contributed by atoms with E-state index in [1.165, 1.54) is 11.0 Å². The summed E-state index contributed by atoms with van der Waals surface area (Å²) < 4.78 is 14.1. The molecule has 0 aromatic heterocycles. The van der Waals surface area contributed by atoms with E-state index >= 15 is 0 Å². The molecule has 2 amide bonds. The number of hydrogen-bond acceptors (Lipinski definition) is 2. The maximum Gasteiger partial charge on any atom is 0.242 e. The third-order valence-corrected chi connectivity index (χ3v) is 4.76. The molecule has 4 nitrogen and oxygen atoms in total. The van der Waals surface area contributed by atoms with Crippen LogP contribution in [0.2, 0.25) is 0 Å². The number of nitrogens with zero attached hydrogens (tertiary/aromatic N) is 1. The minimum atomic E-state index is -0.670. The molecule has 1 N–H and O–H groups in total. The van der Waals surface area contributed by atoms with Crippen LogP contribution in [0, 0.1) is 12.7 Å². The fourth-order valence-corrected chi connectivity index (χ4v) is 2.94. The molecule has 0 unspecified atom stereocenters. The first-order valence-corrected chi connectivity index (χ1v) is 9.78. The maximum absolute atomic E-state index is 14.1. The molecule has 0 aliphatic rings. The number of carbonyl (C=O) groups excluding carboxylic acids is 2. The zero-order chi connectivity index (χ0) is 20.5. The Bertz CT molecular complexity index is 789. The molecule has 0 spiro atoms. The Hall–Kier alpha value is -2.69. The molecule has 28 heavy (non-hydrogen) atoms. The summed E-state index contributed by atoms with van der Waals surface area (Å²) >= 11 is 0. The number of nitrogens with one attached hydrogen (secondary N) is 1. The molecule has 0 aliphatic heterocycles. The molecule has 1 atom stereocenters. The summed E-state index contributed by atoms with van der Waals surface area (Å²) in [7, 11) is 0. The van der Waals surface area contributed by atoms with Gasteiger partial charge in [-0.2, -0.15) is 0 Å². The zero-order valence-corrected chi connectivity index (χ0v) is 16.9. The van der Waals surface area contributed by atoms with Gasteiger partial charge in [-0.1, -0.05) is 55.0 Å². The Kier molecular flexibility index (Phi) is 8.18. The Balaban J connectivity index is 2.13. The van der Waals surface area contributed by atoms with Crippen molar-refractivity contribution in [2.24, 2.45) is 0 Å². The highest BCUT2D eigenvalue weighted by molar-refractivity contribution is 5.87. The Morgan fingerprint density at radius 1 is 1.11 bits per heavy atom. The predicted molar refractivity (Wildman–Crippen MR) is 109 cm³/mol. The van der Waals surface area contributed by atoms with Crippen LogP contribution in [0.5, 0.6) is 0 Å². The van der Waals surface area contributed by atoms with Gasteiger partial charge in [0.15, 0.2) is 0 Å². The Labute approximate surface area is 166 Å². The van der Waals surface area contributed by atoms with E-state index in [9.17, 15) is 14.0 Å². The average molecular weight is 384 g/mol. The second kappa shape index (κ2) is 10.6. The van der Waals surface area contributed by atoms with E-state index in [0.717, 1.165) is 17.5 Å². The normalized spacial score (nSPS) is 11.7. The number of hydrogen-bond donors (Lipinski definition) is 1. The molecule has 0 saturated carbocycles. The largest absolute Gasteiger partial charge is 0.354 e. The van der Waals surface area contributed by atoms with Crippen molar-refractivity contribution in [2.75, 3.05) is 6.54 Å².